The molecular weight excluding hydrogens is 397 g/mol. The van der Waals surface area contributed by atoms with Crippen molar-refractivity contribution >= 4 is 18.7 Å². The van der Waals surface area contributed by atoms with Crippen molar-refractivity contribution in [2.75, 3.05) is 19.8 Å². The first kappa shape index (κ1) is 23.6. The van der Waals surface area contributed by atoms with Crippen LogP contribution in [0.25, 0.3) is 0 Å². The molecule has 0 aliphatic rings. The summed E-state index contributed by atoms with van der Waals surface area (Å²) >= 11 is 0. The molecule has 0 aromatic heterocycles. The van der Waals surface area contributed by atoms with Gasteiger partial charge in [-0.1, -0.05) is 81.4 Å². The Bertz CT molecular complexity index is 721. The van der Waals surface area contributed by atoms with Crippen molar-refractivity contribution in [3.8, 4) is 0 Å². The van der Waals surface area contributed by atoms with Crippen LogP contribution in [0.1, 0.15) is 27.2 Å². The third kappa shape index (κ3) is 4.58. The molecule has 2 aromatic carbocycles. The van der Waals surface area contributed by atoms with Crippen molar-refractivity contribution < 1.29 is 27.8 Å². The summed E-state index contributed by atoms with van der Waals surface area (Å²) in [4.78, 5) is 0. The molecule has 29 heavy (non-hydrogen) atoms. The summed E-state index contributed by atoms with van der Waals surface area (Å²) < 4.78 is 48.1. The van der Waals surface area contributed by atoms with Crippen LogP contribution in [-0.4, -0.2) is 44.5 Å². The molecule has 0 amide bonds. The van der Waals surface area contributed by atoms with Gasteiger partial charge >= 0.3 is 6.18 Å². The molecule has 0 bridgehead atoms. The van der Waals surface area contributed by atoms with E-state index in [0.717, 1.165) is 10.4 Å². The highest BCUT2D eigenvalue weighted by molar-refractivity contribution is 6.99. The van der Waals surface area contributed by atoms with E-state index in [0.29, 0.717) is 0 Å². The number of benzene rings is 2. The zero-order valence-electron chi connectivity index (χ0n) is 17.0. The third-order valence-electron chi connectivity index (χ3n) is 5.48. The molecule has 0 aliphatic heterocycles. The Labute approximate surface area is 171 Å². The molecule has 2 aromatic rings. The van der Waals surface area contributed by atoms with Crippen LogP contribution < -0.4 is 10.4 Å². The number of alkyl halides is 3. The molecule has 7 heteroatoms. The van der Waals surface area contributed by atoms with Gasteiger partial charge in [0.2, 0.25) is 0 Å². The van der Waals surface area contributed by atoms with Crippen molar-refractivity contribution in [3.05, 3.63) is 60.7 Å². The number of aliphatic hydroxyl groups excluding tert-OH is 2. The summed E-state index contributed by atoms with van der Waals surface area (Å²) in [6, 6.07) is 18.7. The van der Waals surface area contributed by atoms with Crippen molar-refractivity contribution in [1.29, 1.82) is 0 Å². The van der Waals surface area contributed by atoms with Gasteiger partial charge in [0.25, 0.3) is 8.32 Å². The fraction of sp³-hybridized carbons (Fsp3) is 0.455. The SMILES string of the molecule is CC(C)(C)[Si](OCC(CO)(CCO)C(F)(F)F)(c1ccccc1)c1ccccc1. The van der Waals surface area contributed by atoms with E-state index in [-0.39, 0.29) is 0 Å². The summed E-state index contributed by atoms with van der Waals surface area (Å²) in [5, 5.41) is 20.2. The lowest BCUT2D eigenvalue weighted by atomic mass is 9.86. The summed E-state index contributed by atoms with van der Waals surface area (Å²) in [5.41, 5.74) is -2.52. The number of halogens is 3. The van der Waals surface area contributed by atoms with E-state index in [9.17, 15) is 23.4 Å². The topological polar surface area (TPSA) is 49.7 Å². The largest absolute Gasteiger partial charge is 0.406 e. The minimum atomic E-state index is -4.71. The number of rotatable bonds is 8. The van der Waals surface area contributed by atoms with Gasteiger partial charge in [0.1, 0.15) is 5.41 Å². The van der Waals surface area contributed by atoms with E-state index in [1.807, 2.05) is 81.4 Å². The average molecular weight is 427 g/mol. The third-order valence-corrected chi connectivity index (χ3v) is 10.5. The van der Waals surface area contributed by atoms with Crippen LogP contribution in [-0.2, 0) is 4.43 Å². The molecule has 0 heterocycles. The number of hydrogen-bond acceptors (Lipinski definition) is 3. The lowest BCUT2D eigenvalue weighted by molar-refractivity contribution is -0.249. The zero-order valence-corrected chi connectivity index (χ0v) is 18.0. The number of aliphatic hydroxyl groups is 2. The Morgan fingerprint density at radius 2 is 1.28 bits per heavy atom. The Balaban J connectivity index is 2.65. The van der Waals surface area contributed by atoms with E-state index >= 15 is 0 Å². The molecule has 2 N–H and O–H groups in total. The zero-order chi connectivity index (χ0) is 21.8. The maximum absolute atomic E-state index is 13.9. The summed E-state index contributed by atoms with van der Waals surface area (Å²) in [6.45, 7) is 3.36. The molecule has 160 valence electrons. The molecule has 0 fully saturated rings. The van der Waals surface area contributed by atoms with Gasteiger partial charge in [-0.3, -0.25) is 0 Å². The molecule has 0 aliphatic carbocycles. The van der Waals surface area contributed by atoms with Crippen LogP contribution in [0, 0.1) is 5.41 Å². The van der Waals surface area contributed by atoms with E-state index in [4.69, 9.17) is 4.43 Å². The molecule has 2 rings (SSSR count). The molecule has 1 unspecified atom stereocenters. The first-order valence-corrected chi connectivity index (χ1v) is 11.5. The second kappa shape index (κ2) is 9.00. The normalized spacial score (nSPS) is 15.2. The number of hydrogen-bond donors (Lipinski definition) is 2. The van der Waals surface area contributed by atoms with Crippen LogP contribution in [0.4, 0.5) is 13.2 Å². The fourth-order valence-corrected chi connectivity index (χ4v) is 8.38. The van der Waals surface area contributed by atoms with Crippen molar-refractivity contribution in [3.63, 3.8) is 0 Å². The lowest BCUT2D eigenvalue weighted by Gasteiger charge is -2.45. The van der Waals surface area contributed by atoms with E-state index in [1.54, 1.807) is 0 Å². The quantitative estimate of drug-likeness (QED) is 0.636. The maximum atomic E-state index is 13.9. The van der Waals surface area contributed by atoms with Crippen LogP contribution in [0.15, 0.2) is 60.7 Å². The molecule has 0 spiro atoms. The highest BCUT2D eigenvalue weighted by atomic mass is 28.4. The lowest BCUT2D eigenvalue weighted by Crippen LogP contribution is -2.68. The van der Waals surface area contributed by atoms with E-state index in [1.165, 1.54) is 0 Å². The predicted molar refractivity (Wildman–Crippen MR) is 111 cm³/mol. The second-order valence-electron chi connectivity index (χ2n) is 8.36. The first-order valence-electron chi connectivity index (χ1n) is 9.57. The Hall–Kier alpha value is -1.67. The molecule has 0 radical (unpaired) electrons. The second-order valence-corrected chi connectivity index (χ2v) is 12.7. The molecule has 0 saturated carbocycles. The molecule has 1 atom stereocenters. The molecule has 3 nitrogen and oxygen atoms in total. The summed E-state index contributed by atoms with van der Waals surface area (Å²) in [5.74, 6) is 0. The highest BCUT2D eigenvalue weighted by Crippen LogP contribution is 2.44. The Kier molecular flexibility index (Phi) is 7.32. The minimum Gasteiger partial charge on any atom is -0.406 e. The van der Waals surface area contributed by atoms with Gasteiger partial charge in [0.15, 0.2) is 0 Å². The molecule has 0 saturated heterocycles. The average Bonchev–Trinajstić information content (AvgIpc) is 2.67. The minimum absolute atomic E-state index is 0.484. The Morgan fingerprint density at radius 1 is 0.828 bits per heavy atom. The van der Waals surface area contributed by atoms with Crippen LogP contribution >= 0.6 is 0 Å². The van der Waals surface area contributed by atoms with Gasteiger partial charge in [0.05, 0.1) is 13.2 Å². The first-order chi connectivity index (χ1) is 13.5. The van der Waals surface area contributed by atoms with Gasteiger partial charge < -0.3 is 14.6 Å². The molecular formula is C22H29F3O3Si. The van der Waals surface area contributed by atoms with Gasteiger partial charge in [-0.05, 0) is 21.8 Å². The predicted octanol–water partition coefficient (Wildman–Crippen LogP) is 3.49. The smallest absolute Gasteiger partial charge is 0.398 e. The van der Waals surface area contributed by atoms with Crippen molar-refractivity contribution in [2.45, 2.75) is 38.4 Å². The van der Waals surface area contributed by atoms with Crippen LogP contribution in [0.5, 0.6) is 0 Å². The maximum Gasteiger partial charge on any atom is 0.398 e. The van der Waals surface area contributed by atoms with Gasteiger partial charge in [0, 0.05) is 6.61 Å². The summed E-state index contributed by atoms with van der Waals surface area (Å²) in [6.07, 6.45) is -5.33. The van der Waals surface area contributed by atoms with E-state index in [2.05, 4.69) is 0 Å². The van der Waals surface area contributed by atoms with Crippen LogP contribution in [0.2, 0.25) is 5.04 Å². The van der Waals surface area contributed by atoms with Gasteiger partial charge in [-0.2, -0.15) is 13.2 Å². The fourth-order valence-electron chi connectivity index (χ4n) is 3.73. The van der Waals surface area contributed by atoms with Gasteiger partial charge in [-0.25, -0.2) is 0 Å². The van der Waals surface area contributed by atoms with Crippen molar-refractivity contribution in [2.24, 2.45) is 5.41 Å². The standard InChI is InChI=1S/C22H29F3O3Si/c1-20(2,3)29(18-10-6-4-7-11-18,19-12-8-5-9-13-19)28-17-21(16-27,14-15-26)22(23,24)25/h4-13,26-27H,14-17H2,1-3H3. The van der Waals surface area contributed by atoms with E-state index < -0.39 is 51.2 Å². The summed E-state index contributed by atoms with van der Waals surface area (Å²) in [7, 11) is -3.18. The van der Waals surface area contributed by atoms with Gasteiger partial charge in [-0.15, -0.1) is 0 Å². The monoisotopic (exact) mass is 426 g/mol. The Morgan fingerprint density at radius 3 is 1.59 bits per heavy atom. The van der Waals surface area contributed by atoms with Crippen LogP contribution in [0.3, 0.4) is 0 Å². The highest BCUT2D eigenvalue weighted by Gasteiger charge is 2.57. The van der Waals surface area contributed by atoms with Crippen molar-refractivity contribution in [1.82, 2.24) is 0 Å².